The molecule has 1 aromatic carbocycles. The van der Waals surface area contributed by atoms with Gasteiger partial charge in [0.25, 0.3) is 0 Å². The molecule has 2 aromatic heterocycles. The number of nitrogens with zero attached hydrogens (tertiary/aromatic N) is 5. The molecule has 4 rings (SSSR count). The van der Waals surface area contributed by atoms with Gasteiger partial charge in [0.05, 0.1) is 5.69 Å². The van der Waals surface area contributed by atoms with Crippen molar-refractivity contribution in [3.63, 3.8) is 0 Å². The summed E-state index contributed by atoms with van der Waals surface area (Å²) in [6.45, 7) is 9.77. The summed E-state index contributed by atoms with van der Waals surface area (Å²) in [5, 5.41) is 4.28. The third-order valence-corrected chi connectivity index (χ3v) is 4.97. The average molecular weight is 348 g/mol. The van der Waals surface area contributed by atoms with Gasteiger partial charge < -0.3 is 15.1 Å². The highest BCUT2D eigenvalue weighted by Crippen LogP contribution is 2.22. The average Bonchev–Trinajstić information content (AvgIpc) is 2.69. The molecule has 0 amide bonds. The van der Waals surface area contributed by atoms with Gasteiger partial charge in [-0.2, -0.15) is 4.98 Å². The van der Waals surface area contributed by atoms with Crippen LogP contribution in [0.25, 0.3) is 11.0 Å². The minimum Gasteiger partial charge on any atom is -0.369 e. The van der Waals surface area contributed by atoms with Crippen molar-refractivity contribution in [2.45, 2.75) is 13.8 Å². The van der Waals surface area contributed by atoms with Crippen molar-refractivity contribution in [1.82, 2.24) is 19.9 Å². The molecule has 1 fully saturated rings. The van der Waals surface area contributed by atoms with Gasteiger partial charge in [-0.3, -0.25) is 0 Å². The van der Waals surface area contributed by atoms with Crippen molar-refractivity contribution in [1.29, 1.82) is 0 Å². The fraction of sp³-hybridized carbons (Fsp3) is 0.350. The monoisotopic (exact) mass is 348 g/mol. The minimum atomic E-state index is 0.581. The van der Waals surface area contributed by atoms with Crippen LogP contribution in [-0.4, -0.2) is 52.6 Å². The van der Waals surface area contributed by atoms with Gasteiger partial charge in [-0.15, -0.1) is 0 Å². The maximum absolute atomic E-state index is 4.55. The number of aromatic nitrogens is 3. The third-order valence-electron chi connectivity index (χ3n) is 4.97. The van der Waals surface area contributed by atoms with Crippen LogP contribution in [0.4, 0.5) is 17.3 Å². The van der Waals surface area contributed by atoms with Crippen molar-refractivity contribution in [2.75, 3.05) is 42.9 Å². The van der Waals surface area contributed by atoms with Crippen LogP contribution in [0.15, 0.2) is 42.6 Å². The molecule has 1 N–H and O–H groups in total. The molecular formula is C20H24N6. The summed E-state index contributed by atoms with van der Waals surface area (Å²) in [5.74, 6) is 0.581. The summed E-state index contributed by atoms with van der Waals surface area (Å²) >= 11 is 0. The Balaban J connectivity index is 1.48. The number of anilines is 3. The Labute approximate surface area is 153 Å². The highest BCUT2D eigenvalue weighted by atomic mass is 15.3. The lowest BCUT2D eigenvalue weighted by atomic mass is 10.2. The highest BCUT2D eigenvalue weighted by Gasteiger charge is 2.15. The third kappa shape index (κ3) is 3.46. The molecule has 6 heteroatoms. The van der Waals surface area contributed by atoms with E-state index < -0.39 is 0 Å². The number of rotatable bonds is 4. The zero-order valence-corrected chi connectivity index (χ0v) is 15.3. The van der Waals surface area contributed by atoms with E-state index >= 15 is 0 Å². The molecule has 0 radical (unpaired) electrons. The SMILES string of the molecule is CCN1CCN(c2ccc(Nc3nc(C)c4cccnc4n3)cc2)CC1. The predicted molar refractivity (Wildman–Crippen MR) is 106 cm³/mol. The van der Waals surface area contributed by atoms with Crippen molar-refractivity contribution >= 4 is 28.4 Å². The topological polar surface area (TPSA) is 57.2 Å². The van der Waals surface area contributed by atoms with Crippen LogP contribution in [0.5, 0.6) is 0 Å². The van der Waals surface area contributed by atoms with Crippen LogP contribution < -0.4 is 10.2 Å². The minimum absolute atomic E-state index is 0.581. The van der Waals surface area contributed by atoms with Crippen molar-refractivity contribution in [3.8, 4) is 0 Å². The van der Waals surface area contributed by atoms with Crippen molar-refractivity contribution in [3.05, 3.63) is 48.3 Å². The van der Waals surface area contributed by atoms with Gasteiger partial charge in [0.15, 0.2) is 5.65 Å². The van der Waals surface area contributed by atoms with Gasteiger partial charge in [-0.25, -0.2) is 9.97 Å². The number of hydrogen-bond donors (Lipinski definition) is 1. The lowest BCUT2D eigenvalue weighted by molar-refractivity contribution is 0.271. The van der Waals surface area contributed by atoms with Gasteiger partial charge in [0.1, 0.15) is 0 Å². The summed E-state index contributed by atoms with van der Waals surface area (Å²) in [4.78, 5) is 18.3. The first-order valence-corrected chi connectivity index (χ1v) is 9.16. The van der Waals surface area contributed by atoms with Crippen LogP contribution in [-0.2, 0) is 0 Å². The van der Waals surface area contributed by atoms with Crippen molar-refractivity contribution in [2.24, 2.45) is 0 Å². The molecule has 0 bridgehead atoms. The van der Waals surface area contributed by atoms with E-state index in [-0.39, 0.29) is 0 Å². The smallest absolute Gasteiger partial charge is 0.229 e. The largest absolute Gasteiger partial charge is 0.369 e. The number of likely N-dealkylation sites (N-methyl/N-ethyl adjacent to an activating group) is 1. The number of piperazine rings is 1. The second kappa shape index (κ2) is 7.25. The van der Waals surface area contributed by atoms with E-state index in [1.54, 1.807) is 6.20 Å². The molecule has 26 heavy (non-hydrogen) atoms. The number of aryl methyl sites for hydroxylation is 1. The van der Waals surface area contributed by atoms with Crippen LogP contribution in [0, 0.1) is 6.92 Å². The molecule has 0 unspecified atom stereocenters. The number of pyridine rings is 1. The molecule has 0 saturated carbocycles. The van der Waals surface area contributed by atoms with E-state index in [1.165, 1.54) is 5.69 Å². The van der Waals surface area contributed by atoms with Gasteiger partial charge in [-0.05, 0) is 49.9 Å². The number of benzene rings is 1. The van der Waals surface area contributed by atoms with E-state index in [0.29, 0.717) is 11.6 Å². The van der Waals surface area contributed by atoms with Gasteiger partial charge in [0, 0.05) is 49.1 Å². The standard InChI is InChI=1S/C20H24N6/c1-3-25-11-13-26(14-12-25)17-8-6-16(7-9-17)23-20-22-15(2)18-5-4-10-21-19(18)24-20/h4-10H,3,11-14H2,1-2H3,(H,21,22,23,24). The van der Waals surface area contributed by atoms with Crippen LogP contribution in [0.2, 0.25) is 0 Å². The van der Waals surface area contributed by atoms with E-state index in [1.807, 2.05) is 19.1 Å². The van der Waals surface area contributed by atoms with Gasteiger partial charge in [0.2, 0.25) is 5.95 Å². The van der Waals surface area contributed by atoms with Crippen LogP contribution >= 0.6 is 0 Å². The zero-order valence-electron chi connectivity index (χ0n) is 15.3. The summed E-state index contributed by atoms with van der Waals surface area (Å²) in [7, 11) is 0. The van der Waals surface area contributed by atoms with Gasteiger partial charge >= 0.3 is 0 Å². The molecule has 1 aliphatic heterocycles. The zero-order chi connectivity index (χ0) is 17.9. The maximum atomic E-state index is 4.55. The molecule has 0 aliphatic carbocycles. The predicted octanol–water partition coefficient (Wildman–Crippen LogP) is 3.22. The fourth-order valence-corrected chi connectivity index (χ4v) is 3.38. The second-order valence-electron chi connectivity index (χ2n) is 6.60. The molecule has 0 spiro atoms. The molecule has 0 atom stereocenters. The number of fused-ring (bicyclic) bond motifs is 1. The van der Waals surface area contributed by atoms with Gasteiger partial charge in [-0.1, -0.05) is 6.92 Å². The molecule has 134 valence electrons. The molecule has 3 heterocycles. The maximum Gasteiger partial charge on any atom is 0.229 e. The first-order chi connectivity index (χ1) is 12.7. The Bertz CT molecular complexity index is 884. The van der Waals surface area contributed by atoms with E-state index in [2.05, 4.69) is 61.3 Å². The Morgan fingerprint density at radius 1 is 1.00 bits per heavy atom. The van der Waals surface area contributed by atoms with Crippen LogP contribution in [0.1, 0.15) is 12.6 Å². The summed E-state index contributed by atoms with van der Waals surface area (Å²) < 4.78 is 0. The summed E-state index contributed by atoms with van der Waals surface area (Å²) in [5.41, 5.74) is 3.89. The summed E-state index contributed by atoms with van der Waals surface area (Å²) in [6.07, 6.45) is 1.76. The number of nitrogens with one attached hydrogen (secondary N) is 1. The van der Waals surface area contributed by atoms with E-state index in [4.69, 9.17) is 0 Å². The molecule has 6 nitrogen and oxygen atoms in total. The Hall–Kier alpha value is -2.73. The second-order valence-corrected chi connectivity index (χ2v) is 6.60. The van der Waals surface area contributed by atoms with E-state index in [0.717, 1.165) is 49.5 Å². The Morgan fingerprint density at radius 2 is 1.77 bits per heavy atom. The lowest BCUT2D eigenvalue weighted by Gasteiger charge is -2.35. The highest BCUT2D eigenvalue weighted by molar-refractivity contribution is 5.78. The van der Waals surface area contributed by atoms with Crippen molar-refractivity contribution < 1.29 is 0 Å². The van der Waals surface area contributed by atoms with Crippen LogP contribution in [0.3, 0.4) is 0 Å². The summed E-state index contributed by atoms with van der Waals surface area (Å²) in [6, 6.07) is 12.4. The quantitative estimate of drug-likeness (QED) is 0.781. The number of hydrogen-bond acceptors (Lipinski definition) is 6. The normalized spacial score (nSPS) is 15.4. The molecule has 1 saturated heterocycles. The Morgan fingerprint density at radius 3 is 2.50 bits per heavy atom. The molecular weight excluding hydrogens is 324 g/mol. The Kier molecular flexibility index (Phi) is 4.67. The molecule has 3 aromatic rings. The first-order valence-electron chi connectivity index (χ1n) is 9.16. The van der Waals surface area contributed by atoms with E-state index in [9.17, 15) is 0 Å². The first kappa shape index (κ1) is 16.7. The molecule has 1 aliphatic rings. The fourth-order valence-electron chi connectivity index (χ4n) is 3.38. The lowest BCUT2D eigenvalue weighted by Crippen LogP contribution is -2.46.